The van der Waals surface area contributed by atoms with Crippen LogP contribution in [0.15, 0.2) is 45.8 Å². The van der Waals surface area contributed by atoms with E-state index < -0.39 is 10.0 Å². The number of sulfonamides is 1. The highest BCUT2D eigenvalue weighted by molar-refractivity contribution is 9.10. The maximum Gasteiger partial charge on any atom is 0.244 e. The Hall–Kier alpha value is -2.08. The van der Waals surface area contributed by atoms with Crippen LogP contribution >= 0.6 is 15.9 Å². The summed E-state index contributed by atoms with van der Waals surface area (Å²) in [5.74, 6) is 0.752. The monoisotopic (exact) mass is 424 g/mol. The third-order valence-electron chi connectivity index (χ3n) is 3.59. The molecule has 0 atom stereocenters. The molecule has 0 saturated carbocycles. The maximum atomic E-state index is 12.9. The standard InChI is InChI=1S/C17H17BrN2O4S/c1-20(11-13-6-4-5-12(7-13)10-19)25(21,22)17-9-16(24-3)15(23-2)8-14(17)18/h4-9H,11H2,1-3H3. The minimum atomic E-state index is -3.78. The summed E-state index contributed by atoms with van der Waals surface area (Å²) >= 11 is 3.28. The number of halogens is 1. The number of rotatable bonds is 6. The lowest BCUT2D eigenvalue weighted by Crippen LogP contribution is -2.27. The first-order valence-corrected chi connectivity index (χ1v) is 9.43. The van der Waals surface area contributed by atoms with Gasteiger partial charge >= 0.3 is 0 Å². The van der Waals surface area contributed by atoms with Crippen molar-refractivity contribution >= 4 is 26.0 Å². The van der Waals surface area contributed by atoms with Crippen LogP contribution in [0.3, 0.4) is 0 Å². The number of hydrogen-bond acceptors (Lipinski definition) is 5. The molecule has 0 aliphatic rings. The Balaban J connectivity index is 2.39. The van der Waals surface area contributed by atoms with Gasteiger partial charge in [-0.25, -0.2) is 8.42 Å². The molecule has 6 nitrogen and oxygen atoms in total. The fourth-order valence-corrected chi connectivity index (χ4v) is 4.43. The molecule has 2 aromatic rings. The SMILES string of the molecule is COc1cc(Br)c(S(=O)(=O)N(C)Cc2cccc(C#N)c2)cc1OC. The van der Waals surface area contributed by atoms with Gasteiger partial charge in [0.15, 0.2) is 11.5 Å². The van der Waals surface area contributed by atoms with E-state index in [2.05, 4.69) is 15.9 Å². The average Bonchev–Trinajstić information content (AvgIpc) is 2.61. The van der Waals surface area contributed by atoms with Crippen LogP contribution in [0, 0.1) is 11.3 Å². The van der Waals surface area contributed by atoms with Crippen LogP contribution in [0.2, 0.25) is 0 Å². The summed E-state index contributed by atoms with van der Waals surface area (Å²) in [6, 6.07) is 11.8. The minimum absolute atomic E-state index is 0.0732. The normalized spacial score (nSPS) is 11.2. The molecule has 0 aliphatic carbocycles. The summed E-state index contributed by atoms with van der Waals surface area (Å²) in [7, 11) is 0.629. The van der Waals surface area contributed by atoms with E-state index in [9.17, 15) is 8.42 Å². The number of benzene rings is 2. The topological polar surface area (TPSA) is 79.6 Å². The molecule has 0 fully saturated rings. The molecule has 2 rings (SSSR count). The summed E-state index contributed by atoms with van der Waals surface area (Å²) in [5, 5.41) is 8.96. The molecule has 0 heterocycles. The van der Waals surface area contributed by atoms with Crippen LogP contribution in [-0.2, 0) is 16.6 Å². The number of ether oxygens (including phenoxy) is 2. The van der Waals surface area contributed by atoms with Gasteiger partial charge in [-0.05, 0) is 39.7 Å². The van der Waals surface area contributed by atoms with E-state index >= 15 is 0 Å². The van der Waals surface area contributed by atoms with Gasteiger partial charge in [0.1, 0.15) is 4.90 Å². The molecule has 8 heteroatoms. The van der Waals surface area contributed by atoms with Crippen molar-refractivity contribution < 1.29 is 17.9 Å². The van der Waals surface area contributed by atoms with Crippen molar-refractivity contribution in [2.45, 2.75) is 11.4 Å². The van der Waals surface area contributed by atoms with Crippen LogP contribution in [0.1, 0.15) is 11.1 Å². The first-order valence-electron chi connectivity index (χ1n) is 7.20. The van der Waals surface area contributed by atoms with Crippen molar-refractivity contribution in [3.8, 4) is 17.6 Å². The average molecular weight is 425 g/mol. The predicted molar refractivity (Wildman–Crippen MR) is 97.1 cm³/mol. The van der Waals surface area contributed by atoms with E-state index in [0.717, 1.165) is 5.56 Å². The van der Waals surface area contributed by atoms with Crippen LogP contribution in [0.4, 0.5) is 0 Å². The van der Waals surface area contributed by atoms with E-state index in [1.54, 1.807) is 30.3 Å². The van der Waals surface area contributed by atoms with Gasteiger partial charge in [0.2, 0.25) is 10.0 Å². The zero-order valence-electron chi connectivity index (χ0n) is 14.0. The number of nitrogens with zero attached hydrogens (tertiary/aromatic N) is 2. The van der Waals surface area contributed by atoms with Gasteiger partial charge in [-0.2, -0.15) is 9.57 Å². The predicted octanol–water partition coefficient (Wildman–Crippen LogP) is 3.16. The minimum Gasteiger partial charge on any atom is -0.493 e. The zero-order chi connectivity index (χ0) is 18.6. The van der Waals surface area contributed by atoms with Crippen molar-refractivity contribution in [3.63, 3.8) is 0 Å². The van der Waals surface area contributed by atoms with E-state index in [-0.39, 0.29) is 11.4 Å². The molecule has 0 unspecified atom stereocenters. The molecule has 25 heavy (non-hydrogen) atoms. The second-order valence-corrected chi connectivity index (χ2v) is 8.08. The number of methoxy groups -OCH3 is 2. The van der Waals surface area contributed by atoms with Gasteiger partial charge in [-0.1, -0.05) is 12.1 Å². The molecular formula is C17H17BrN2O4S. The molecule has 0 N–H and O–H groups in total. The number of nitriles is 1. The van der Waals surface area contributed by atoms with E-state index in [1.807, 2.05) is 6.07 Å². The van der Waals surface area contributed by atoms with Gasteiger partial charge in [0.25, 0.3) is 0 Å². The first kappa shape index (κ1) is 19.2. The Morgan fingerprint density at radius 3 is 2.40 bits per heavy atom. The lowest BCUT2D eigenvalue weighted by atomic mass is 10.1. The lowest BCUT2D eigenvalue weighted by molar-refractivity contribution is 0.353. The molecule has 0 saturated heterocycles. The highest BCUT2D eigenvalue weighted by Crippen LogP contribution is 2.36. The fraction of sp³-hybridized carbons (Fsp3) is 0.235. The molecule has 2 aromatic carbocycles. The highest BCUT2D eigenvalue weighted by Gasteiger charge is 2.26. The highest BCUT2D eigenvalue weighted by atomic mass is 79.9. The molecule has 132 valence electrons. The zero-order valence-corrected chi connectivity index (χ0v) is 16.4. The second kappa shape index (κ2) is 7.87. The van der Waals surface area contributed by atoms with E-state index in [1.165, 1.54) is 31.6 Å². The van der Waals surface area contributed by atoms with Crippen LogP contribution in [0.25, 0.3) is 0 Å². The van der Waals surface area contributed by atoms with Gasteiger partial charge in [0.05, 0.1) is 25.9 Å². The third-order valence-corrected chi connectivity index (χ3v) is 6.35. The Morgan fingerprint density at radius 1 is 1.16 bits per heavy atom. The summed E-state index contributed by atoms with van der Waals surface area (Å²) in [4.78, 5) is 0.0732. The maximum absolute atomic E-state index is 12.9. The quantitative estimate of drug-likeness (QED) is 0.711. The summed E-state index contributed by atoms with van der Waals surface area (Å²) in [5.41, 5.74) is 1.21. The summed E-state index contributed by atoms with van der Waals surface area (Å²) in [6.07, 6.45) is 0. The Bertz CT molecular complexity index is 923. The Morgan fingerprint density at radius 2 is 1.80 bits per heavy atom. The molecule has 0 bridgehead atoms. The molecule has 0 aliphatic heterocycles. The van der Waals surface area contributed by atoms with Crippen molar-refractivity contribution in [1.82, 2.24) is 4.31 Å². The van der Waals surface area contributed by atoms with Gasteiger partial charge in [-0.15, -0.1) is 0 Å². The fourth-order valence-electron chi connectivity index (χ4n) is 2.28. The van der Waals surface area contributed by atoms with Gasteiger partial charge < -0.3 is 9.47 Å². The van der Waals surface area contributed by atoms with Crippen molar-refractivity contribution in [2.75, 3.05) is 21.3 Å². The third kappa shape index (κ3) is 4.12. The van der Waals surface area contributed by atoms with E-state index in [0.29, 0.717) is 21.5 Å². The van der Waals surface area contributed by atoms with Crippen LogP contribution in [-0.4, -0.2) is 34.0 Å². The van der Waals surface area contributed by atoms with Crippen LogP contribution in [0.5, 0.6) is 11.5 Å². The van der Waals surface area contributed by atoms with Crippen molar-refractivity contribution in [3.05, 3.63) is 52.0 Å². The smallest absolute Gasteiger partial charge is 0.244 e. The van der Waals surface area contributed by atoms with Crippen LogP contribution < -0.4 is 9.47 Å². The molecule has 0 radical (unpaired) electrons. The lowest BCUT2D eigenvalue weighted by Gasteiger charge is -2.19. The Labute approximate surface area is 155 Å². The summed E-state index contributed by atoms with van der Waals surface area (Å²) < 4.78 is 37.8. The molecule has 0 spiro atoms. The molecule has 0 aromatic heterocycles. The van der Waals surface area contributed by atoms with Crippen molar-refractivity contribution in [2.24, 2.45) is 0 Å². The Kier molecular flexibility index (Phi) is 6.06. The largest absolute Gasteiger partial charge is 0.493 e. The summed E-state index contributed by atoms with van der Waals surface area (Å²) in [6.45, 7) is 0.138. The number of hydrogen-bond donors (Lipinski definition) is 0. The van der Waals surface area contributed by atoms with Gasteiger partial charge in [0, 0.05) is 24.1 Å². The van der Waals surface area contributed by atoms with E-state index in [4.69, 9.17) is 14.7 Å². The van der Waals surface area contributed by atoms with Gasteiger partial charge in [-0.3, -0.25) is 0 Å². The second-order valence-electron chi connectivity index (χ2n) is 5.21. The molecular weight excluding hydrogens is 408 g/mol. The first-order chi connectivity index (χ1) is 11.8. The van der Waals surface area contributed by atoms with Crippen molar-refractivity contribution in [1.29, 1.82) is 5.26 Å². The molecule has 0 amide bonds.